The van der Waals surface area contributed by atoms with Gasteiger partial charge in [0.1, 0.15) is 0 Å². The number of benzene rings is 2. The fourth-order valence-corrected chi connectivity index (χ4v) is 6.33. The normalized spacial score (nSPS) is 19.5. The summed E-state index contributed by atoms with van der Waals surface area (Å²) in [6.45, 7) is 5.76. The molecule has 1 N–H and O–H groups in total. The Morgan fingerprint density at radius 1 is 0.939 bits per heavy atom. The predicted octanol–water partition coefficient (Wildman–Crippen LogP) is 4.05. The van der Waals surface area contributed by atoms with Crippen molar-refractivity contribution in [2.75, 3.05) is 25.0 Å². The number of para-hydroxylation sites is 1. The van der Waals surface area contributed by atoms with Gasteiger partial charge in [0, 0.05) is 31.2 Å². The van der Waals surface area contributed by atoms with E-state index in [0.29, 0.717) is 23.4 Å². The number of nitrogens with zero attached hydrogens (tertiary/aromatic N) is 2. The Kier molecular flexibility index (Phi) is 6.86. The number of likely N-dealkylation sites (tertiary alicyclic amines) is 1. The number of carbonyl (C=O) groups is 2. The molecule has 2 fully saturated rings. The summed E-state index contributed by atoms with van der Waals surface area (Å²) in [6.07, 6.45) is 4.73. The summed E-state index contributed by atoms with van der Waals surface area (Å²) in [5, 5.41) is 2.88. The average molecular weight is 470 g/mol. The molecule has 0 spiro atoms. The molecule has 176 valence electrons. The minimum Gasteiger partial charge on any atom is -0.339 e. The molecule has 0 saturated carbocycles. The van der Waals surface area contributed by atoms with Crippen LogP contribution in [0.15, 0.2) is 47.4 Å². The highest BCUT2D eigenvalue weighted by molar-refractivity contribution is 7.89. The predicted molar refractivity (Wildman–Crippen MR) is 128 cm³/mol. The highest BCUT2D eigenvalue weighted by atomic mass is 32.2. The van der Waals surface area contributed by atoms with E-state index in [4.69, 9.17) is 0 Å². The van der Waals surface area contributed by atoms with E-state index in [9.17, 15) is 18.0 Å². The first-order valence-electron chi connectivity index (χ1n) is 11.6. The maximum absolute atomic E-state index is 13.0. The molecular weight excluding hydrogens is 438 g/mol. The van der Waals surface area contributed by atoms with E-state index in [1.165, 1.54) is 24.3 Å². The van der Waals surface area contributed by atoms with Crippen molar-refractivity contribution < 1.29 is 18.0 Å². The molecule has 2 aliphatic heterocycles. The van der Waals surface area contributed by atoms with Crippen LogP contribution in [0.3, 0.4) is 0 Å². The van der Waals surface area contributed by atoms with Crippen molar-refractivity contribution in [1.82, 2.24) is 9.21 Å². The monoisotopic (exact) mass is 469 g/mol. The third-order valence-electron chi connectivity index (χ3n) is 6.60. The molecule has 1 atom stereocenters. The molecule has 0 aromatic heterocycles. The van der Waals surface area contributed by atoms with Gasteiger partial charge in [-0.1, -0.05) is 18.6 Å². The Labute approximate surface area is 195 Å². The van der Waals surface area contributed by atoms with Crippen LogP contribution in [0.4, 0.5) is 5.69 Å². The van der Waals surface area contributed by atoms with Gasteiger partial charge in [0.25, 0.3) is 11.8 Å². The molecule has 2 saturated heterocycles. The van der Waals surface area contributed by atoms with Crippen molar-refractivity contribution in [2.45, 2.75) is 56.9 Å². The average Bonchev–Trinajstić information content (AvgIpc) is 3.35. The molecule has 2 aliphatic rings. The first-order valence-corrected chi connectivity index (χ1v) is 13.0. The van der Waals surface area contributed by atoms with E-state index >= 15 is 0 Å². The van der Waals surface area contributed by atoms with Crippen molar-refractivity contribution in [1.29, 1.82) is 0 Å². The Morgan fingerprint density at radius 2 is 1.61 bits per heavy atom. The van der Waals surface area contributed by atoms with Gasteiger partial charge in [-0.25, -0.2) is 8.42 Å². The third-order valence-corrected chi connectivity index (χ3v) is 8.63. The third kappa shape index (κ3) is 4.82. The van der Waals surface area contributed by atoms with Crippen molar-refractivity contribution >= 4 is 27.5 Å². The van der Waals surface area contributed by atoms with Gasteiger partial charge in [-0.05, 0) is 75.4 Å². The molecule has 2 aromatic carbocycles. The first-order chi connectivity index (χ1) is 15.8. The Bertz CT molecular complexity index is 1140. The second kappa shape index (κ2) is 9.65. The van der Waals surface area contributed by atoms with Crippen LogP contribution in [0.2, 0.25) is 0 Å². The van der Waals surface area contributed by atoms with Crippen LogP contribution in [-0.2, 0) is 10.0 Å². The number of amides is 2. The second-order valence-electron chi connectivity index (χ2n) is 8.94. The van der Waals surface area contributed by atoms with E-state index in [2.05, 4.69) is 5.32 Å². The van der Waals surface area contributed by atoms with Crippen LogP contribution in [0.1, 0.15) is 65.3 Å². The number of nitrogens with one attached hydrogen (secondary N) is 1. The standard InChI is InChI=1S/C25H31N3O4S/c1-18-8-7-10-22(25(30)27-15-5-6-16-27)23(18)26-24(29)20-11-13-21(14-12-20)33(31,32)28-17-4-3-9-19(28)2/h7-8,10-14,19H,3-6,9,15-17H2,1-2H3,(H,26,29). The summed E-state index contributed by atoms with van der Waals surface area (Å²) < 4.78 is 27.6. The highest BCUT2D eigenvalue weighted by Crippen LogP contribution is 2.27. The highest BCUT2D eigenvalue weighted by Gasteiger charge is 2.31. The number of hydrogen-bond donors (Lipinski definition) is 1. The quantitative estimate of drug-likeness (QED) is 0.716. The van der Waals surface area contributed by atoms with Gasteiger partial charge in [-0.2, -0.15) is 4.31 Å². The number of hydrogen-bond acceptors (Lipinski definition) is 4. The van der Waals surface area contributed by atoms with Crippen LogP contribution >= 0.6 is 0 Å². The fourth-order valence-electron chi connectivity index (χ4n) is 4.63. The van der Waals surface area contributed by atoms with Gasteiger partial charge in [0.15, 0.2) is 0 Å². The molecule has 1 unspecified atom stereocenters. The maximum atomic E-state index is 13.0. The van der Waals surface area contributed by atoms with Crippen molar-refractivity contribution in [3.05, 3.63) is 59.2 Å². The smallest absolute Gasteiger partial charge is 0.255 e. The minimum atomic E-state index is -3.60. The summed E-state index contributed by atoms with van der Waals surface area (Å²) in [5.41, 5.74) is 2.11. The minimum absolute atomic E-state index is 0.0284. The largest absolute Gasteiger partial charge is 0.339 e. The summed E-state index contributed by atoms with van der Waals surface area (Å²) >= 11 is 0. The zero-order valence-electron chi connectivity index (χ0n) is 19.2. The van der Waals surface area contributed by atoms with Gasteiger partial charge >= 0.3 is 0 Å². The molecule has 2 heterocycles. The van der Waals surface area contributed by atoms with Gasteiger partial charge in [-0.15, -0.1) is 0 Å². The molecule has 0 bridgehead atoms. The molecule has 0 aliphatic carbocycles. The van der Waals surface area contributed by atoms with Gasteiger partial charge < -0.3 is 10.2 Å². The Morgan fingerprint density at radius 3 is 2.27 bits per heavy atom. The lowest BCUT2D eigenvalue weighted by atomic mass is 10.1. The summed E-state index contributed by atoms with van der Waals surface area (Å²) in [7, 11) is -3.60. The van der Waals surface area contributed by atoms with Gasteiger partial charge in [0.2, 0.25) is 10.0 Å². The Hall–Kier alpha value is -2.71. The van der Waals surface area contributed by atoms with Crippen molar-refractivity contribution in [3.63, 3.8) is 0 Å². The number of aryl methyl sites for hydroxylation is 1. The maximum Gasteiger partial charge on any atom is 0.255 e. The second-order valence-corrected chi connectivity index (χ2v) is 10.8. The lowest BCUT2D eigenvalue weighted by Gasteiger charge is -2.32. The molecule has 2 amide bonds. The number of sulfonamides is 1. The molecule has 33 heavy (non-hydrogen) atoms. The van der Waals surface area contributed by atoms with Gasteiger partial charge in [-0.3, -0.25) is 9.59 Å². The topological polar surface area (TPSA) is 86.8 Å². The van der Waals surface area contributed by atoms with Crippen LogP contribution in [0.25, 0.3) is 0 Å². The number of carbonyl (C=O) groups excluding carboxylic acids is 2. The van der Waals surface area contributed by atoms with Crippen LogP contribution in [0.5, 0.6) is 0 Å². The van der Waals surface area contributed by atoms with Crippen molar-refractivity contribution in [3.8, 4) is 0 Å². The van der Waals surface area contributed by atoms with E-state index in [1.54, 1.807) is 10.4 Å². The SMILES string of the molecule is Cc1cccc(C(=O)N2CCCC2)c1NC(=O)c1ccc(S(=O)(=O)N2CCCCC2C)cc1. The molecule has 7 nitrogen and oxygen atoms in total. The summed E-state index contributed by atoms with van der Waals surface area (Å²) in [6, 6.07) is 11.4. The first kappa shape index (κ1) is 23.4. The lowest BCUT2D eigenvalue weighted by molar-refractivity contribution is 0.0793. The zero-order chi connectivity index (χ0) is 23.6. The molecular formula is C25H31N3O4S. The number of piperidine rings is 1. The van der Waals surface area contributed by atoms with E-state index in [-0.39, 0.29) is 22.8 Å². The molecule has 4 rings (SSSR count). The fraction of sp³-hybridized carbons (Fsp3) is 0.440. The molecule has 0 radical (unpaired) electrons. The summed E-state index contributed by atoms with van der Waals surface area (Å²) in [4.78, 5) is 28.0. The van der Waals surface area contributed by atoms with Crippen molar-refractivity contribution in [2.24, 2.45) is 0 Å². The van der Waals surface area contributed by atoms with E-state index in [0.717, 1.165) is 50.8 Å². The summed E-state index contributed by atoms with van der Waals surface area (Å²) in [5.74, 6) is -0.460. The number of rotatable bonds is 5. The van der Waals surface area contributed by atoms with E-state index in [1.807, 2.05) is 30.9 Å². The molecule has 8 heteroatoms. The van der Waals surface area contributed by atoms with Crippen LogP contribution in [-0.4, -0.2) is 55.1 Å². The lowest BCUT2D eigenvalue weighted by Crippen LogP contribution is -2.41. The van der Waals surface area contributed by atoms with Crippen LogP contribution < -0.4 is 5.32 Å². The van der Waals surface area contributed by atoms with Gasteiger partial charge in [0.05, 0.1) is 16.1 Å². The van der Waals surface area contributed by atoms with Crippen LogP contribution in [0, 0.1) is 6.92 Å². The zero-order valence-corrected chi connectivity index (χ0v) is 20.0. The number of anilines is 1. The Balaban J connectivity index is 1.54. The molecule has 2 aromatic rings. The van der Waals surface area contributed by atoms with E-state index < -0.39 is 10.0 Å².